The molecule has 3 aromatic rings. The van der Waals surface area contributed by atoms with Crippen LogP contribution in [0.3, 0.4) is 0 Å². The molecule has 0 aliphatic rings. The zero-order valence-electron chi connectivity index (χ0n) is 13.2. The maximum absolute atomic E-state index is 12.6. The Morgan fingerprint density at radius 1 is 0.920 bits per heavy atom. The van der Waals surface area contributed by atoms with Gasteiger partial charge in [-0.3, -0.25) is 0 Å². The van der Waals surface area contributed by atoms with E-state index in [1.54, 1.807) is 0 Å². The van der Waals surface area contributed by atoms with Crippen LogP contribution in [-0.4, -0.2) is 15.2 Å². The quantitative estimate of drug-likeness (QED) is 0.718. The third-order valence-corrected chi connectivity index (χ3v) is 3.44. The number of aryl methyl sites for hydroxylation is 1. The van der Waals surface area contributed by atoms with Crippen LogP contribution in [0.5, 0.6) is 0 Å². The Kier molecular flexibility index (Phi) is 4.51. The molecule has 0 fully saturated rings. The van der Waals surface area contributed by atoms with Crippen molar-refractivity contribution in [1.29, 1.82) is 0 Å². The maximum Gasteiger partial charge on any atom is 0.416 e. The lowest BCUT2D eigenvalue weighted by molar-refractivity contribution is -0.137. The molecule has 1 heterocycles. The molecule has 0 radical (unpaired) electrons. The van der Waals surface area contributed by atoms with Crippen LogP contribution < -0.4 is 10.6 Å². The van der Waals surface area contributed by atoms with Crippen molar-refractivity contribution in [2.75, 3.05) is 10.6 Å². The molecule has 0 spiro atoms. The number of alkyl halides is 3. The zero-order chi connectivity index (χ0) is 17.9. The molecule has 0 aliphatic carbocycles. The highest BCUT2D eigenvalue weighted by molar-refractivity contribution is 5.60. The minimum absolute atomic E-state index is 0.284. The number of halogens is 3. The van der Waals surface area contributed by atoms with Crippen LogP contribution in [-0.2, 0) is 6.18 Å². The average molecular weight is 345 g/mol. The number of aromatic nitrogens is 3. The minimum Gasteiger partial charge on any atom is -0.339 e. The molecule has 5 nitrogen and oxygen atoms in total. The average Bonchev–Trinajstić information content (AvgIpc) is 2.57. The second-order valence-corrected chi connectivity index (χ2v) is 5.31. The largest absolute Gasteiger partial charge is 0.416 e. The Bertz CT molecular complexity index is 863. The summed E-state index contributed by atoms with van der Waals surface area (Å²) in [7, 11) is 0. The zero-order valence-corrected chi connectivity index (χ0v) is 13.2. The van der Waals surface area contributed by atoms with Gasteiger partial charge in [-0.05, 0) is 42.8 Å². The number of rotatable bonds is 4. The van der Waals surface area contributed by atoms with Gasteiger partial charge in [0.05, 0.1) is 11.8 Å². The Morgan fingerprint density at radius 2 is 1.64 bits per heavy atom. The second-order valence-electron chi connectivity index (χ2n) is 5.31. The minimum atomic E-state index is -4.36. The highest BCUT2D eigenvalue weighted by atomic mass is 19.4. The lowest BCUT2D eigenvalue weighted by Crippen LogP contribution is -2.05. The normalized spacial score (nSPS) is 11.2. The van der Waals surface area contributed by atoms with Crippen LogP contribution in [0.1, 0.15) is 11.1 Å². The first-order chi connectivity index (χ1) is 11.9. The van der Waals surface area contributed by atoms with Crippen molar-refractivity contribution in [3.63, 3.8) is 0 Å². The summed E-state index contributed by atoms with van der Waals surface area (Å²) in [4.78, 5) is 4.26. The number of anilines is 4. The van der Waals surface area contributed by atoms with Crippen molar-refractivity contribution in [2.24, 2.45) is 0 Å². The summed E-state index contributed by atoms with van der Waals surface area (Å²) < 4.78 is 37.7. The van der Waals surface area contributed by atoms with Crippen LogP contribution >= 0.6 is 0 Å². The molecule has 0 atom stereocenters. The summed E-state index contributed by atoms with van der Waals surface area (Å²) in [5, 5.41) is 13.7. The Morgan fingerprint density at radius 3 is 2.32 bits per heavy atom. The van der Waals surface area contributed by atoms with E-state index in [4.69, 9.17) is 0 Å². The van der Waals surface area contributed by atoms with E-state index >= 15 is 0 Å². The van der Waals surface area contributed by atoms with E-state index in [1.165, 1.54) is 18.3 Å². The molecule has 0 saturated heterocycles. The maximum atomic E-state index is 12.6. The monoisotopic (exact) mass is 345 g/mol. The first-order valence-corrected chi connectivity index (χ1v) is 7.38. The van der Waals surface area contributed by atoms with E-state index in [-0.39, 0.29) is 5.95 Å². The molecule has 1 aromatic heterocycles. The van der Waals surface area contributed by atoms with Gasteiger partial charge in [-0.25, -0.2) is 0 Å². The molecule has 0 amide bonds. The van der Waals surface area contributed by atoms with Crippen molar-refractivity contribution in [3.8, 4) is 0 Å². The standard InChI is InChI=1S/C17H14F3N5/c1-11-4-2-3-5-14(11)23-16-24-15(10-21-25-16)22-13-8-6-12(7-9-13)17(18,19)20/h2-10H,1H3,(H2,22,23,24,25). The number of hydrogen-bond donors (Lipinski definition) is 2. The molecular formula is C17H14F3N5. The first-order valence-electron chi connectivity index (χ1n) is 7.38. The van der Waals surface area contributed by atoms with Crippen LogP contribution in [0.25, 0.3) is 0 Å². The van der Waals surface area contributed by atoms with Crippen LogP contribution in [0.4, 0.5) is 36.3 Å². The highest BCUT2D eigenvalue weighted by Crippen LogP contribution is 2.30. The summed E-state index contributed by atoms with van der Waals surface area (Å²) in [6.45, 7) is 1.94. The summed E-state index contributed by atoms with van der Waals surface area (Å²) in [6, 6.07) is 12.3. The molecule has 0 unspecified atom stereocenters. The van der Waals surface area contributed by atoms with E-state index in [9.17, 15) is 13.2 Å². The lowest BCUT2D eigenvalue weighted by atomic mass is 10.2. The molecule has 128 valence electrons. The highest BCUT2D eigenvalue weighted by Gasteiger charge is 2.29. The molecular weight excluding hydrogens is 331 g/mol. The fraction of sp³-hybridized carbons (Fsp3) is 0.118. The van der Waals surface area contributed by atoms with Crippen molar-refractivity contribution in [3.05, 3.63) is 65.9 Å². The van der Waals surface area contributed by atoms with Gasteiger partial charge in [-0.15, -0.1) is 5.10 Å². The van der Waals surface area contributed by atoms with E-state index < -0.39 is 11.7 Å². The van der Waals surface area contributed by atoms with E-state index in [0.717, 1.165) is 23.4 Å². The van der Waals surface area contributed by atoms with Crippen LogP contribution in [0.15, 0.2) is 54.7 Å². The van der Waals surface area contributed by atoms with Crippen molar-refractivity contribution in [1.82, 2.24) is 15.2 Å². The molecule has 8 heteroatoms. The molecule has 2 N–H and O–H groups in total. The summed E-state index contributed by atoms with van der Waals surface area (Å²) in [6.07, 6.45) is -2.97. The fourth-order valence-electron chi connectivity index (χ4n) is 2.14. The van der Waals surface area contributed by atoms with Gasteiger partial charge in [0, 0.05) is 11.4 Å². The Labute approximate surface area is 141 Å². The fourth-order valence-corrected chi connectivity index (χ4v) is 2.14. The SMILES string of the molecule is Cc1ccccc1Nc1nncc(Nc2ccc(C(F)(F)F)cc2)n1. The lowest BCUT2D eigenvalue weighted by Gasteiger charge is -2.10. The predicted molar refractivity (Wildman–Crippen MR) is 89.0 cm³/mol. The summed E-state index contributed by atoms with van der Waals surface area (Å²) >= 11 is 0. The van der Waals surface area contributed by atoms with E-state index in [1.807, 2.05) is 31.2 Å². The van der Waals surface area contributed by atoms with Gasteiger partial charge in [-0.2, -0.15) is 23.3 Å². The number of para-hydroxylation sites is 1. The summed E-state index contributed by atoms with van der Waals surface area (Å²) in [5.74, 6) is 0.650. The topological polar surface area (TPSA) is 62.7 Å². The molecule has 0 bridgehead atoms. The molecule has 3 rings (SSSR count). The number of nitrogens with zero attached hydrogens (tertiary/aromatic N) is 3. The van der Waals surface area contributed by atoms with E-state index in [2.05, 4.69) is 25.8 Å². The van der Waals surface area contributed by atoms with Crippen LogP contribution in [0.2, 0.25) is 0 Å². The van der Waals surface area contributed by atoms with Gasteiger partial charge in [0.2, 0.25) is 5.95 Å². The van der Waals surface area contributed by atoms with Gasteiger partial charge in [-0.1, -0.05) is 18.2 Å². The summed E-state index contributed by atoms with van der Waals surface area (Å²) in [5.41, 5.74) is 1.62. The Hall–Kier alpha value is -3.16. The predicted octanol–water partition coefficient (Wildman–Crippen LogP) is 4.69. The number of nitrogens with one attached hydrogen (secondary N) is 2. The smallest absolute Gasteiger partial charge is 0.339 e. The molecule has 25 heavy (non-hydrogen) atoms. The van der Waals surface area contributed by atoms with E-state index in [0.29, 0.717) is 11.5 Å². The van der Waals surface area contributed by atoms with Crippen molar-refractivity contribution < 1.29 is 13.2 Å². The second kappa shape index (κ2) is 6.76. The van der Waals surface area contributed by atoms with Gasteiger partial charge >= 0.3 is 6.18 Å². The number of hydrogen-bond acceptors (Lipinski definition) is 5. The first kappa shape index (κ1) is 16.7. The Balaban J connectivity index is 1.75. The van der Waals surface area contributed by atoms with Crippen molar-refractivity contribution >= 4 is 23.1 Å². The molecule has 2 aromatic carbocycles. The van der Waals surface area contributed by atoms with Crippen molar-refractivity contribution in [2.45, 2.75) is 13.1 Å². The van der Waals surface area contributed by atoms with Gasteiger partial charge in [0.15, 0.2) is 5.82 Å². The van der Waals surface area contributed by atoms with Gasteiger partial charge in [0.1, 0.15) is 0 Å². The van der Waals surface area contributed by atoms with Gasteiger partial charge in [0.25, 0.3) is 0 Å². The molecule has 0 aliphatic heterocycles. The number of benzene rings is 2. The third kappa shape index (κ3) is 4.23. The molecule has 0 saturated carbocycles. The van der Waals surface area contributed by atoms with Crippen LogP contribution in [0, 0.1) is 6.92 Å². The van der Waals surface area contributed by atoms with Gasteiger partial charge < -0.3 is 10.6 Å². The third-order valence-electron chi connectivity index (χ3n) is 3.44.